The molecule has 106 valence electrons. The van der Waals surface area contributed by atoms with E-state index in [0.29, 0.717) is 12.0 Å². The van der Waals surface area contributed by atoms with E-state index in [1.165, 1.54) is 43.5 Å². The van der Waals surface area contributed by atoms with Gasteiger partial charge in [0.2, 0.25) is 0 Å². The van der Waals surface area contributed by atoms with E-state index in [1.54, 1.807) is 22.3 Å². The Morgan fingerprint density at radius 1 is 1.35 bits per heavy atom. The zero-order chi connectivity index (χ0) is 13.7. The van der Waals surface area contributed by atoms with E-state index in [1.807, 2.05) is 0 Å². The Hall–Kier alpha value is -1.44. The Balaban J connectivity index is 1.83. The summed E-state index contributed by atoms with van der Waals surface area (Å²) in [5.41, 5.74) is 9.32. The van der Waals surface area contributed by atoms with Gasteiger partial charge in [-0.05, 0) is 55.4 Å². The molecule has 0 bridgehead atoms. The van der Waals surface area contributed by atoms with Gasteiger partial charge >= 0.3 is 0 Å². The monoisotopic (exact) mass is 268 g/mol. The zero-order valence-electron chi connectivity index (χ0n) is 12.6. The molecule has 0 fully saturated rings. The molecule has 2 nitrogen and oxygen atoms in total. The fourth-order valence-corrected chi connectivity index (χ4v) is 4.47. The van der Waals surface area contributed by atoms with Crippen LogP contribution in [0.15, 0.2) is 45.8 Å². The van der Waals surface area contributed by atoms with Crippen molar-refractivity contribution < 1.29 is 0 Å². The summed E-state index contributed by atoms with van der Waals surface area (Å²) in [6, 6.07) is 0.636. The maximum absolute atomic E-state index is 3.74. The van der Waals surface area contributed by atoms with Gasteiger partial charge in [0.1, 0.15) is 0 Å². The molecule has 0 aromatic carbocycles. The summed E-state index contributed by atoms with van der Waals surface area (Å²) >= 11 is 0. The number of rotatable bonds is 2. The van der Waals surface area contributed by atoms with Crippen molar-refractivity contribution in [2.75, 3.05) is 6.54 Å². The van der Waals surface area contributed by atoms with Gasteiger partial charge in [0.25, 0.3) is 0 Å². The Kier molecular flexibility index (Phi) is 2.80. The molecule has 0 saturated carbocycles. The van der Waals surface area contributed by atoms with Gasteiger partial charge in [-0.1, -0.05) is 19.4 Å². The molecule has 2 N–H and O–H groups in total. The van der Waals surface area contributed by atoms with Crippen LogP contribution in [-0.4, -0.2) is 12.6 Å². The largest absolute Gasteiger partial charge is 0.385 e. The summed E-state index contributed by atoms with van der Waals surface area (Å²) in [4.78, 5) is 0. The maximum Gasteiger partial charge on any atom is 0.0379 e. The quantitative estimate of drug-likeness (QED) is 0.800. The first kappa shape index (κ1) is 12.3. The molecule has 4 aliphatic rings. The second-order valence-corrected chi connectivity index (χ2v) is 6.60. The highest BCUT2D eigenvalue weighted by Crippen LogP contribution is 2.47. The average molecular weight is 268 g/mol. The molecule has 20 heavy (non-hydrogen) atoms. The molecule has 4 rings (SSSR count). The molecule has 0 radical (unpaired) electrons. The highest BCUT2D eigenvalue weighted by atomic mass is 15.0. The Bertz CT molecular complexity index is 574. The molecule has 0 spiro atoms. The predicted molar refractivity (Wildman–Crippen MR) is 83.1 cm³/mol. The SMILES string of the molecule is CCCC1NC(C)=CC2=C3CCC=C4NCC(=C43)CC21. The summed E-state index contributed by atoms with van der Waals surface area (Å²) in [5, 5.41) is 7.35. The van der Waals surface area contributed by atoms with Crippen LogP contribution in [0.25, 0.3) is 0 Å². The molecule has 0 aromatic heterocycles. The highest BCUT2D eigenvalue weighted by molar-refractivity contribution is 5.62. The second kappa shape index (κ2) is 4.54. The first-order valence-corrected chi connectivity index (χ1v) is 8.12. The lowest BCUT2D eigenvalue weighted by Gasteiger charge is -2.39. The number of hydrogen-bond donors (Lipinski definition) is 2. The van der Waals surface area contributed by atoms with Crippen molar-refractivity contribution in [1.82, 2.24) is 10.6 Å². The van der Waals surface area contributed by atoms with E-state index in [0.717, 1.165) is 6.54 Å². The smallest absolute Gasteiger partial charge is 0.0379 e. The van der Waals surface area contributed by atoms with Gasteiger partial charge in [-0.2, -0.15) is 0 Å². The first-order chi connectivity index (χ1) is 9.78. The third-order valence-electron chi connectivity index (χ3n) is 5.24. The third-order valence-corrected chi connectivity index (χ3v) is 5.24. The zero-order valence-corrected chi connectivity index (χ0v) is 12.6. The number of nitrogens with one attached hydrogen (secondary N) is 2. The molecule has 2 heterocycles. The van der Waals surface area contributed by atoms with Crippen molar-refractivity contribution >= 4 is 0 Å². The number of allylic oxidation sites excluding steroid dienone is 4. The average Bonchev–Trinajstić information content (AvgIpc) is 2.85. The van der Waals surface area contributed by atoms with Crippen molar-refractivity contribution in [2.24, 2.45) is 5.92 Å². The molecular weight excluding hydrogens is 244 g/mol. The van der Waals surface area contributed by atoms with E-state index < -0.39 is 0 Å². The van der Waals surface area contributed by atoms with Crippen molar-refractivity contribution in [3.8, 4) is 0 Å². The van der Waals surface area contributed by atoms with Gasteiger partial charge in [-0.25, -0.2) is 0 Å². The topological polar surface area (TPSA) is 24.1 Å². The molecular formula is C18H24N2. The van der Waals surface area contributed by atoms with Gasteiger partial charge in [0.15, 0.2) is 0 Å². The second-order valence-electron chi connectivity index (χ2n) is 6.60. The summed E-state index contributed by atoms with van der Waals surface area (Å²) in [7, 11) is 0. The first-order valence-electron chi connectivity index (χ1n) is 8.12. The van der Waals surface area contributed by atoms with Crippen molar-refractivity contribution in [2.45, 2.75) is 52.0 Å². The van der Waals surface area contributed by atoms with E-state index in [4.69, 9.17) is 0 Å². The van der Waals surface area contributed by atoms with Crippen molar-refractivity contribution in [3.63, 3.8) is 0 Å². The van der Waals surface area contributed by atoms with Gasteiger partial charge in [0, 0.05) is 35.5 Å². The number of fused-ring (bicyclic) bond motifs is 1. The lowest BCUT2D eigenvalue weighted by molar-refractivity contribution is 0.376. The van der Waals surface area contributed by atoms with Crippen LogP contribution in [0.4, 0.5) is 0 Å². The minimum absolute atomic E-state index is 0.636. The lowest BCUT2D eigenvalue weighted by atomic mass is 9.71. The maximum atomic E-state index is 3.74. The van der Waals surface area contributed by atoms with E-state index in [-0.39, 0.29) is 0 Å². The van der Waals surface area contributed by atoms with Crippen LogP contribution in [-0.2, 0) is 0 Å². The van der Waals surface area contributed by atoms with Crippen LogP contribution in [0.5, 0.6) is 0 Å². The van der Waals surface area contributed by atoms with Gasteiger partial charge in [-0.15, -0.1) is 0 Å². The third kappa shape index (κ3) is 1.70. The van der Waals surface area contributed by atoms with E-state index >= 15 is 0 Å². The highest BCUT2D eigenvalue weighted by Gasteiger charge is 2.38. The molecule has 2 unspecified atom stereocenters. The number of hydrogen-bond acceptors (Lipinski definition) is 2. The molecule has 2 heteroatoms. The molecule has 2 aliphatic heterocycles. The lowest BCUT2D eigenvalue weighted by Crippen LogP contribution is -2.41. The van der Waals surface area contributed by atoms with Gasteiger partial charge < -0.3 is 10.6 Å². The van der Waals surface area contributed by atoms with E-state index in [9.17, 15) is 0 Å². The summed E-state index contributed by atoms with van der Waals surface area (Å²) in [6.45, 7) is 5.60. The fourth-order valence-electron chi connectivity index (χ4n) is 4.47. The molecule has 0 saturated heterocycles. The Morgan fingerprint density at radius 2 is 2.25 bits per heavy atom. The molecule has 2 aliphatic carbocycles. The van der Waals surface area contributed by atoms with Gasteiger partial charge in [0.05, 0.1) is 0 Å². The van der Waals surface area contributed by atoms with Crippen LogP contribution in [0.3, 0.4) is 0 Å². The van der Waals surface area contributed by atoms with Crippen LogP contribution in [0.2, 0.25) is 0 Å². The van der Waals surface area contributed by atoms with Crippen molar-refractivity contribution in [3.05, 3.63) is 45.8 Å². The van der Waals surface area contributed by atoms with Crippen LogP contribution < -0.4 is 10.6 Å². The van der Waals surface area contributed by atoms with Gasteiger partial charge in [-0.3, -0.25) is 0 Å². The molecule has 0 aromatic rings. The Morgan fingerprint density at radius 3 is 3.10 bits per heavy atom. The summed E-state index contributed by atoms with van der Waals surface area (Å²) < 4.78 is 0. The van der Waals surface area contributed by atoms with Crippen LogP contribution in [0, 0.1) is 5.92 Å². The summed E-state index contributed by atoms with van der Waals surface area (Å²) in [5.74, 6) is 0.701. The Labute approximate surface area is 121 Å². The van der Waals surface area contributed by atoms with Crippen LogP contribution >= 0.6 is 0 Å². The molecule has 0 amide bonds. The summed E-state index contributed by atoms with van der Waals surface area (Å²) in [6.07, 6.45) is 11.1. The standard InChI is InChI=1S/C18H24N2/c1-3-5-16-15-9-12-10-19-17-7-4-6-13(18(12)17)14(15)8-11(2)20-16/h7-8,15-16,19-20H,3-6,9-10H2,1-2H3. The van der Waals surface area contributed by atoms with E-state index in [2.05, 4.69) is 36.6 Å². The van der Waals surface area contributed by atoms with Crippen LogP contribution in [0.1, 0.15) is 46.0 Å². The minimum Gasteiger partial charge on any atom is -0.385 e. The van der Waals surface area contributed by atoms with Crippen molar-refractivity contribution in [1.29, 1.82) is 0 Å². The molecule has 2 atom stereocenters. The fraction of sp³-hybridized carbons (Fsp3) is 0.556. The predicted octanol–water partition coefficient (Wildman–Crippen LogP) is 3.56. The minimum atomic E-state index is 0.636. The normalized spacial score (nSPS) is 31.1.